The molecule has 9 nitrogen and oxygen atoms in total. The highest BCUT2D eigenvalue weighted by Crippen LogP contribution is 2.38. The molecule has 10 heteroatoms. The van der Waals surface area contributed by atoms with Crippen molar-refractivity contribution in [1.29, 1.82) is 0 Å². The standard InChI is InChI=1S/C15H16ClN5O4/c1-3-10(14-17-7(2)21-25-14)20-15(23)18-8-4-9(16)13-11(5-8)19-12(22)6-24-13/h4-5,10H,3,6H2,1-2H3,(H,19,22)(H2,18,20,23)/t10-/m1/s1. The maximum absolute atomic E-state index is 12.2. The second-order valence-electron chi connectivity index (χ2n) is 5.41. The first-order valence-electron chi connectivity index (χ1n) is 7.60. The second-order valence-corrected chi connectivity index (χ2v) is 5.82. The van der Waals surface area contributed by atoms with E-state index >= 15 is 0 Å². The average Bonchev–Trinajstić information content (AvgIpc) is 2.98. The Hall–Kier alpha value is -2.81. The molecule has 0 fully saturated rings. The van der Waals surface area contributed by atoms with Gasteiger partial charge >= 0.3 is 6.03 Å². The van der Waals surface area contributed by atoms with E-state index in [1.54, 1.807) is 13.0 Å². The molecule has 0 spiro atoms. The zero-order chi connectivity index (χ0) is 18.0. The monoisotopic (exact) mass is 365 g/mol. The van der Waals surface area contributed by atoms with Crippen molar-refractivity contribution in [2.75, 3.05) is 17.2 Å². The fourth-order valence-electron chi connectivity index (χ4n) is 2.35. The van der Waals surface area contributed by atoms with Gasteiger partial charge in [0.05, 0.1) is 10.7 Å². The largest absolute Gasteiger partial charge is 0.480 e. The number of hydrogen-bond donors (Lipinski definition) is 3. The minimum absolute atomic E-state index is 0.0955. The molecule has 1 aromatic heterocycles. The fourth-order valence-corrected chi connectivity index (χ4v) is 2.62. The molecule has 0 radical (unpaired) electrons. The number of hydrogen-bond acceptors (Lipinski definition) is 6. The number of amides is 3. The van der Waals surface area contributed by atoms with Gasteiger partial charge in [-0.05, 0) is 25.5 Å². The second kappa shape index (κ2) is 6.98. The number of urea groups is 1. The van der Waals surface area contributed by atoms with Gasteiger partial charge in [-0.15, -0.1) is 0 Å². The van der Waals surface area contributed by atoms with E-state index in [9.17, 15) is 9.59 Å². The van der Waals surface area contributed by atoms with Crippen molar-refractivity contribution in [2.24, 2.45) is 0 Å². The lowest BCUT2D eigenvalue weighted by atomic mass is 10.2. The lowest BCUT2D eigenvalue weighted by molar-refractivity contribution is -0.118. The highest BCUT2D eigenvalue weighted by Gasteiger charge is 2.22. The van der Waals surface area contributed by atoms with E-state index in [-0.39, 0.29) is 17.5 Å². The normalized spacial score (nSPS) is 14.1. The molecule has 2 heterocycles. The summed E-state index contributed by atoms with van der Waals surface area (Å²) in [5.41, 5.74) is 0.808. The summed E-state index contributed by atoms with van der Waals surface area (Å²) in [7, 11) is 0. The molecule has 1 aliphatic heterocycles. The predicted octanol–water partition coefficient (Wildman–Crippen LogP) is 2.64. The summed E-state index contributed by atoms with van der Waals surface area (Å²) in [6.07, 6.45) is 0.573. The van der Waals surface area contributed by atoms with Crippen molar-refractivity contribution in [3.63, 3.8) is 0 Å². The Morgan fingerprint density at radius 3 is 2.96 bits per heavy atom. The number of nitrogens with zero attached hydrogens (tertiary/aromatic N) is 2. The summed E-state index contributed by atoms with van der Waals surface area (Å²) in [6, 6.07) is 2.21. The summed E-state index contributed by atoms with van der Waals surface area (Å²) >= 11 is 6.13. The molecule has 25 heavy (non-hydrogen) atoms. The molecule has 0 saturated carbocycles. The lowest BCUT2D eigenvalue weighted by Gasteiger charge is -2.20. The molecular weight excluding hydrogens is 350 g/mol. The maximum Gasteiger partial charge on any atom is 0.319 e. The number of aryl methyl sites for hydroxylation is 1. The Morgan fingerprint density at radius 1 is 1.48 bits per heavy atom. The highest BCUT2D eigenvalue weighted by atomic mass is 35.5. The van der Waals surface area contributed by atoms with Gasteiger partial charge < -0.3 is 25.2 Å². The van der Waals surface area contributed by atoms with Gasteiger partial charge in [-0.25, -0.2) is 4.79 Å². The van der Waals surface area contributed by atoms with Crippen molar-refractivity contribution in [3.8, 4) is 5.75 Å². The van der Waals surface area contributed by atoms with E-state index in [0.717, 1.165) is 0 Å². The van der Waals surface area contributed by atoms with Crippen LogP contribution in [0.25, 0.3) is 0 Å². The Balaban J connectivity index is 1.71. The molecule has 0 bridgehead atoms. The molecule has 1 atom stereocenters. The maximum atomic E-state index is 12.2. The topological polar surface area (TPSA) is 118 Å². The van der Waals surface area contributed by atoms with Crippen LogP contribution in [0.1, 0.15) is 31.1 Å². The zero-order valence-corrected chi connectivity index (χ0v) is 14.3. The van der Waals surface area contributed by atoms with Gasteiger partial charge in [-0.1, -0.05) is 23.7 Å². The number of fused-ring (bicyclic) bond motifs is 1. The van der Waals surface area contributed by atoms with Crippen LogP contribution in [-0.4, -0.2) is 28.7 Å². The van der Waals surface area contributed by atoms with Crippen LogP contribution in [0.4, 0.5) is 16.2 Å². The minimum Gasteiger partial charge on any atom is -0.480 e. The van der Waals surface area contributed by atoms with Gasteiger partial charge in [0.15, 0.2) is 18.2 Å². The van der Waals surface area contributed by atoms with Crippen LogP contribution in [0.5, 0.6) is 5.75 Å². The van der Waals surface area contributed by atoms with E-state index in [2.05, 4.69) is 26.1 Å². The first-order chi connectivity index (χ1) is 12.0. The number of carbonyl (C=O) groups is 2. The number of nitrogens with one attached hydrogen (secondary N) is 3. The SMILES string of the molecule is CC[C@@H](NC(=O)Nc1cc(Cl)c2c(c1)NC(=O)CO2)c1nc(C)no1. The summed E-state index contributed by atoms with van der Waals surface area (Å²) in [5, 5.41) is 12.0. The third-order valence-corrected chi connectivity index (χ3v) is 3.76. The van der Waals surface area contributed by atoms with Crippen LogP contribution in [0.15, 0.2) is 16.7 Å². The molecule has 2 aromatic rings. The van der Waals surface area contributed by atoms with Crippen molar-refractivity contribution in [3.05, 3.63) is 28.9 Å². The number of benzene rings is 1. The highest BCUT2D eigenvalue weighted by molar-refractivity contribution is 6.33. The van der Waals surface area contributed by atoms with Crippen LogP contribution in [0.3, 0.4) is 0 Å². The van der Waals surface area contributed by atoms with Crippen molar-refractivity contribution < 1.29 is 18.8 Å². The average molecular weight is 366 g/mol. The Labute approximate surface area is 148 Å². The molecular formula is C15H16ClN5O4. The number of rotatable bonds is 4. The number of aromatic nitrogens is 2. The van der Waals surface area contributed by atoms with Crippen LogP contribution < -0.4 is 20.7 Å². The fraction of sp³-hybridized carbons (Fsp3) is 0.333. The lowest BCUT2D eigenvalue weighted by Crippen LogP contribution is -2.32. The van der Waals surface area contributed by atoms with E-state index in [4.69, 9.17) is 20.9 Å². The minimum atomic E-state index is -0.471. The molecule has 3 amide bonds. The number of ether oxygens (including phenoxy) is 1. The zero-order valence-electron chi connectivity index (χ0n) is 13.6. The molecule has 1 aromatic carbocycles. The Kier molecular flexibility index (Phi) is 4.75. The van der Waals surface area contributed by atoms with Gasteiger partial charge in [0.25, 0.3) is 5.91 Å². The van der Waals surface area contributed by atoms with E-state index in [1.807, 2.05) is 6.92 Å². The van der Waals surface area contributed by atoms with Gasteiger partial charge in [-0.2, -0.15) is 4.98 Å². The summed E-state index contributed by atoms with van der Waals surface area (Å²) < 4.78 is 10.4. The quantitative estimate of drug-likeness (QED) is 0.766. The molecule has 3 N–H and O–H groups in total. The predicted molar refractivity (Wildman–Crippen MR) is 89.8 cm³/mol. The molecule has 132 valence electrons. The van der Waals surface area contributed by atoms with Gasteiger partial charge in [0, 0.05) is 5.69 Å². The number of halogens is 1. The number of carbonyl (C=O) groups excluding carboxylic acids is 2. The third-order valence-electron chi connectivity index (χ3n) is 3.48. The number of anilines is 2. The first-order valence-corrected chi connectivity index (χ1v) is 7.98. The first kappa shape index (κ1) is 17.0. The summed E-state index contributed by atoms with van der Waals surface area (Å²) in [5.74, 6) is 0.912. The summed E-state index contributed by atoms with van der Waals surface area (Å²) in [6.45, 7) is 3.49. The van der Waals surface area contributed by atoms with Crippen molar-refractivity contribution >= 4 is 34.9 Å². The Morgan fingerprint density at radius 2 is 2.28 bits per heavy atom. The van der Waals surface area contributed by atoms with Crippen LogP contribution in [-0.2, 0) is 4.79 Å². The van der Waals surface area contributed by atoms with Gasteiger partial charge in [0.1, 0.15) is 6.04 Å². The molecule has 3 rings (SSSR count). The smallest absolute Gasteiger partial charge is 0.319 e. The van der Waals surface area contributed by atoms with Crippen LogP contribution in [0, 0.1) is 6.92 Å². The van der Waals surface area contributed by atoms with Crippen molar-refractivity contribution in [1.82, 2.24) is 15.5 Å². The molecule has 0 aliphatic carbocycles. The molecule has 0 saturated heterocycles. The van der Waals surface area contributed by atoms with Gasteiger partial charge in [0.2, 0.25) is 5.89 Å². The van der Waals surface area contributed by atoms with E-state index < -0.39 is 12.1 Å². The van der Waals surface area contributed by atoms with Crippen molar-refractivity contribution in [2.45, 2.75) is 26.3 Å². The van der Waals surface area contributed by atoms with Crippen LogP contribution in [0.2, 0.25) is 5.02 Å². The molecule has 1 aliphatic rings. The van der Waals surface area contributed by atoms with Crippen LogP contribution >= 0.6 is 11.6 Å². The van der Waals surface area contributed by atoms with E-state index in [0.29, 0.717) is 35.3 Å². The Bertz CT molecular complexity index is 822. The molecule has 0 unspecified atom stereocenters. The van der Waals surface area contributed by atoms with Gasteiger partial charge in [-0.3, -0.25) is 4.79 Å². The third kappa shape index (κ3) is 3.82. The van der Waals surface area contributed by atoms with E-state index in [1.165, 1.54) is 6.07 Å². The summed E-state index contributed by atoms with van der Waals surface area (Å²) in [4.78, 5) is 27.8.